The first-order chi connectivity index (χ1) is 9.36. The van der Waals surface area contributed by atoms with Crippen LogP contribution in [0.5, 0.6) is 0 Å². The maximum absolute atomic E-state index is 12.0. The van der Waals surface area contributed by atoms with E-state index in [0.29, 0.717) is 25.7 Å². The van der Waals surface area contributed by atoms with Gasteiger partial charge in [-0.3, -0.25) is 0 Å². The fourth-order valence-corrected chi connectivity index (χ4v) is 2.79. The van der Waals surface area contributed by atoms with Crippen molar-refractivity contribution >= 4 is 10.0 Å². The van der Waals surface area contributed by atoms with Gasteiger partial charge in [0, 0.05) is 38.6 Å². The molecule has 0 bridgehead atoms. The minimum atomic E-state index is -3.48. The maximum atomic E-state index is 12.0. The van der Waals surface area contributed by atoms with E-state index in [2.05, 4.69) is 18.6 Å². The van der Waals surface area contributed by atoms with Crippen LogP contribution in [0, 0.1) is 5.92 Å². The smallest absolute Gasteiger partial charge is 0.242 e. The third-order valence-electron chi connectivity index (χ3n) is 2.98. The van der Waals surface area contributed by atoms with Crippen LogP contribution in [0.4, 0.5) is 0 Å². The molecule has 0 aliphatic carbocycles. The molecule has 1 rings (SSSR count). The van der Waals surface area contributed by atoms with Gasteiger partial charge in [0.1, 0.15) is 0 Å². The van der Waals surface area contributed by atoms with Gasteiger partial charge in [0.25, 0.3) is 0 Å². The highest BCUT2D eigenvalue weighted by Gasteiger charge is 2.16. The third kappa shape index (κ3) is 5.24. The Labute approximate surface area is 121 Å². The van der Waals surface area contributed by atoms with Crippen LogP contribution in [-0.4, -0.2) is 32.7 Å². The first-order valence-electron chi connectivity index (χ1n) is 6.79. The van der Waals surface area contributed by atoms with Gasteiger partial charge in [-0.1, -0.05) is 13.8 Å². The van der Waals surface area contributed by atoms with E-state index in [-0.39, 0.29) is 11.4 Å². The Bertz CT molecular complexity index is 509. The summed E-state index contributed by atoms with van der Waals surface area (Å²) in [6, 6.07) is 1.59. The van der Waals surface area contributed by atoms with Gasteiger partial charge in [-0.25, -0.2) is 13.1 Å². The average molecular weight is 303 g/mol. The summed E-state index contributed by atoms with van der Waals surface area (Å²) in [6.07, 6.45) is 2.54. The number of nitrogens with zero attached hydrogens (tertiary/aromatic N) is 1. The Hall–Kier alpha value is -0.890. The van der Waals surface area contributed by atoms with Gasteiger partial charge >= 0.3 is 0 Å². The maximum Gasteiger partial charge on any atom is 0.242 e. The molecular formula is C13H25N3O3S. The lowest BCUT2D eigenvalue weighted by molar-refractivity contribution is 0.128. The Morgan fingerprint density at radius 2 is 2.10 bits per heavy atom. The standard InChI is InChI=1S/C13H25N3O3S/c1-11(2)4-6-19-7-5-15-20(17,18)13-8-12(9-14)16(3)10-13/h8,10-11,15H,4-7,9,14H2,1-3H3. The van der Waals surface area contributed by atoms with Crippen molar-refractivity contribution < 1.29 is 13.2 Å². The molecule has 7 heteroatoms. The summed E-state index contributed by atoms with van der Waals surface area (Å²) < 4.78 is 33.7. The fraction of sp³-hybridized carbons (Fsp3) is 0.692. The first kappa shape index (κ1) is 17.2. The lowest BCUT2D eigenvalue weighted by Crippen LogP contribution is -2.27. The molecule has 1 aromatic rings. The molecule has 0 atom stereocenters. The zero-order valence-corrected chi connectivity index (χ0v) is 13.2. The quantitative estimate of drug-likeness (QED) is 0.661. The fourth-order valence-electron chi connectivity index (χ4n) is 1.68. The molecule has 6 nitrogen and oxygen atoms in total. The van der Waals surface area contributed by atoms with E-state index >= 15 is 0 Å². The average Bonchev–Trinajstić information content (AvgIpc) is 2.75. The lowest BCUT2D eigenvalue weighted by atomic mass is 10.1. The molecule has 0 saturated carbocycles. The number of aryl methyl sites for hydroxylation is 1. The number of aromatic nitrogens is 1. The SMILES string of the molecule is CC(C)CCOCCNS(=O)(=O)c1cc(CN)n(C)c1. The topological polar surface area (TPSA) is 86.3 Å². The highest BCUT2D eigenvalue weighted by atomic mass is 32.2. The van der Waals surface area contributed by atoms with Crippen molar-refractivity contribution in [2.75, 3.05) is 19.8 Å². The van der Waals surface area contributed by atoms with Crippen molar-refractivity contribution in [3.05, 3.63) is 18.0 Å². The monoisotopic (exact) mass is 303 g/mol. The number of hydrogen-bond donors (Lipinski definition) is 2. The van der Waals surface area contributed by atoms with Gasteiger partial charge in [0.2, 0.25) is 10.0 Å². The largest absolute Gasteiger partial charge is 0.380 e. The van der Waals surface area contributed by atoms with Gasteiger partial charge in [-0.15, -0.1) is 0 Å². The number of rotatable bonds is 9. The zero-order valence-electron chi connectivity index (χ0n) is 12.4. The van der Waals surface area contributed by atoms with E-state index in [1.807, 2.05) is 0 Å². The van der Waals surface area contributed by atoms with Crippen molar-refractivity contribution in [2.24, 2.45) is 18.7 Å². The Morgan fingerprint density at radius 3 is 2.65 bits per heavy atom. The molecule has 116 valence electrons. The van der Waals surface area contributed by atoms with Crippen molar-refractivity contribution in [1.29, 1.82) is 0 Å². The second-order valence-corrected chi connectivity index (χ2v) is 6.94. The Balaban J connectivity index is 2.41. The summed E-state index contributed by atoms with van der Waals surface area (Å²) >= 11 is 0. The molecule has 1 aromatic heterocycles. The second-order valence-electron chi connectivity index (χ2n) is 5.17. The minimum Gasteiger partial charge on any atom is -0.380 e. The molecular weight excluding hydrogens is 278 g/mol. The highest BCUT2D eigenvalue weighted by Crippen LogP contribution is 2.12. The van der Waals surface area contributed by atoms with E-state index in [9.17, 15) is 8.42 Å². The number of nitrogens with one attached hydrogen (secondary N) is 1. The van der Waals surface area contributed by atoms with Crippen LogP contribution < -0.4 is 10.5 Å². The zero-order chi connectivity index (χ0) is 15.2. The van der Waals surface area contributed by atoms with Crippen LogP contribution in [0.15, 0.2) is 17.2 Å². The molecule has 0 aliphatic rings. The molecule has 0 aliphatic heterocycles. The lowest BCUT2D eigenvalue weighted by Gasteiger charge is -2.07. The van der Waals surface area contributed by atoms with Crippen LogP contribution in [0.3, 0.4) is 0 Å². The Kier molecular flexibility index (Phi) is 6.67. The summed E-state index contributed by atoms with van der Waals surface area (Å²) in [6.45, 7) is 5.86. The summed E-state index contributed by atoms with van der Waals surface area (Å²) in [4.78, 5) is 0.239. The molecule has 0 unspecified atom stereocenters. The molecule has 20 heavy (non-hydrogen) atoms. The second kappa shape index (κ2) is 7.78. The molecule has 0 aromatic carbocycles. The molecule has 3 N–H and O–H groups in total. The summed E-state index contributed by atoms with van der Waals surface area (Å²) in [7, 11) is -1.71. The number of hydrogen-bond acceptors (Lipinski definition) is 4. The number of nitrogens with two attached hydrogens (primary N) is 1. The van der Waals surface area contributed by atoms with Crippen molar-refractivity contribution in [1.82, 2.24) is 9.29 Å². The van der Waals surface area contributed by atoms with Crippen LogP contribution >= 0.6 is 0 Å². The Morgan fingerprint density at radius 1 is 1.40 bits per heavy atom. The van der Waals surface area contributed by atoms with Gasteiger partial charge < -0.3 is 15.0 Å². The van der Waals surface area contributed by atoms with Gasteiger partial charge in [-0.2, -0.15) is 0 Å². The predicted octanol–water partition coefficient (Wildman–Crippen LogP) is 0.825. The van der Waals surface area contributed by atoms with E-state index in [4.69, 9.17) is 10.5 Å². The normalized spacial score (nSPS) is 12.2. The van der Waals surface area contributed by atoms with E-state index in [1.165, 1.54) is 0 Å². The molecule has 0 fully saturated rings. The van der Waals surface area contributed by atoms with E-state index in [1.54, 1.807) is 23.9 Å². The van der Waals surface area contributed by atoms with Gasteiger partial charge in [0.15, 0.2) is 0 Å². The summed E-state index contributed by atoms with van der Waals surface area (Å²) in [5, 5.41) is 0. The highest BCUT2D eigenvalue weighted by molar-refractivity contribution is 7.89. The minimum absolute atomic E-state index is 0.239. The van der Waals surface area contributed by atoms with Gasteiger partial charge in [-0.05, 0) is 18.4 Å². The van der Waals surface area contributed by atoms with E-state index in [0.717, 1.165) is 12.1 Å². The van der Waals surface area contributed by atoms with Crippen LogP contribution in [-0.2, 0) is 28.4 Å². The molecule has 0 saturated heterocycles. The molecule has 0 amide bonds. The van der Waals surface area contributed by atoms with Crippen molar-refractivity contribution in [3.8, 4) is 0 Å². The van der Waals surface area contributed by atoms with Crippen LogP contribution in [0.2, 0.25) is 0 Å². The van der Waals surface area contributed by atoms with Crippen molar-refractivity contribution in [3.63, 3.8) is 0 Å². The molecule has 1 heterocycles. The molecule has 0 radical (unpaired) electrons. The van der Waals surface area contributed by atoms with E-state index < -0.39 is 10.0 Å². The van der Waals surface area contributed by atoms with Gasteiger partial charge in [0.05, 0.1) is 11.5 Å². The number of sulfonamides is 1. The predicted molar refractivity (Wildman–Crippen MR) is 78.8 cm³/mol. The van der Waals surface area contributed by atoms with Crippen molar-refractivity contribution in [2.45, 2.75) is 31.7 Å². The van der Waals surface area contributed by atoms with Crippen LogP contribution in [0.25, 0.3) is 0 Å². The number of ether oxygens (including phenoxy) is 1. The third-order valence-corrected chi connectivity index (χ3v) is 4.41. The summed E-state index contributed by atoms with van der Waals surface area (Å²) in [5.74, 6) is 0.589. The van der Waals surface area contributed by atoms with Crippen LogP contribution in [0.1, 0.15) is 26.0 Å². The summed E-state index contributed by atoms with van der Waals surface area (Å²) in [5.41, 5.74) is 6.31. The molecule has 0 spiro atoms. The first-order valence-corrected chi connectivity index (χ1v) is 8.28.